The molecular weight excluding hydrogens is 521 g/mol. The predicted octanol–water partition coefficient (Wildman–Crippen LogP) is 5.17. The number of nitrogens with one attached hydrogen (secondary N) is 1. The first-order valence-electron chi connectivity index (χ1n) is 14.1. The molecule has 2 saturated heterocycles. The lowest BCUT2D eigenvalue weighted by Gasteiger charge is -2.32. The second-order valence-corrected chi connectivity index (χ2v) is 11.0. The molecule has 3 aromatic carbocycles. The van der Waals surface area contributed by atoms with Gasteiger partial charge in [-0.2, -0.15) is 0 Å². The summed E-state index contributed by atoms with van der Waals surface area (Å²) < 4.78 is 19.3. The highest BCUT2D eigenvalue weighted by atomic mass is 19.1. The maximum atomic E-state index is 13.3. The average molecular weight is 554 g/mol. The van der Waals surface area contributed by atoms with Crippen LogP contribution in [0.4, 0.5) is 4.39 Å². The Morgan fingerprint density at radius 1 is 0.878 bits per heavy atom. The molecule has 3 aromatic rings. The van der Waals surface area contributed by atoms with E-state index >= 15 is 0 Å². The van der Waals surface area contributed by atoms with Gasteiger partial charge in [-0.1, -0.05) is 49.0 Å². The van der Waals surface area contributed by atoms with Gasteiger partial charge >= 0.3 is 0 Å². The minimum atomic E-state index is -0.859. The highest BCUT2D eigenvalue weighted by molar-refractivity contribution is 6.24. The summed E-state index contributed by atoms with van der Waals surface area (Å²) in [6.07, 6.45) is 2.97. The van der Waals surface area contributed by atoms with Crippen LogP contribution < -0.4 is 10.1 Å². The number of imide groups is 1. The molecule has 3 heterocycles. The molecule has 0 radical (unpaired) electrons. The zero-order chi connectivity index (χ0) is 28.5. The second kappa shape index (κ2) is 11.3. The molecule has 1 unspecified atom stereocenters. The van der Waals surface area contributed by atoms with Crippen LogP contribution >= 0.6 is 0 Å². The minimum Gasteiger partial charge on any atom is -0.488 e. The Kier molecular flexibility index (Phi) is 7.41. The Balaban J connectivity index is 1.05. The molecule has 1 N–H and O–H groups in total. The van der Waals surface area contributed by atoms with Crippen molar-refractivity contribution in [3.8, 4) is 5.75 Å². The molecule has 8 heteroatoms. The molecule has 0 spiro atoms. The number of hydrogen-bond donors (Lipinski definition) is 1. The number of likely N-dealkylation sites (tertiary alicyclic amines) is 1. The van der Waals surface area contributed by atoms with E-state index < -0.39 is 23.8 Å². The smallest absolute Gasteiger partial charge is 0.266 e. The van der Waals surface area contributed by atoms with Crippen molar-refractivity contribution in [3.63, 3.8) is 0 Å². The molecule has 2 fully saturated rings. The Bertz CT molecular complexity index is 1490. The second-order valence-electron chi connectivity index (χ2n) is 11.0. The number of amides is 3. The van der Waals surface area contributed by atoms with Crippen LogP contribution in [0, 0.1) is 5.82 Å². The van der Waals surface area contributed by atoms with E-state index in [1.54, 1.807) is 30.3 Å². The van der Waals surface area contributed by atoms with Gasteiger partial charge in [0.25, 0.3) is 11.8 Å². The molecule has 0 saturated carbocycles. The van der Waals surface area contributed by atoms with Crippen molar-refractivity contribution < 1.29 is 23.5 Å². The van der Waals surface area contributed by atoms with Gasteiger partial charge in [0.1, 0.15) is 24.2 Å². The third kappa shape index (κ3) is 5.52. The molecular formula is C33H32FN3O4. The number of benzene rings is 3. The van der Waals surface area contributed by atoms with Crippen molar-refractivity contribution in [2.75, 3.05) is 13.1 Å². The number of halogens is 1. The van der Waals surface area contributed by atoms with Gasteiger partial charge in [0.2, 0.25) is 5.91 Å². The largest absolute Gasteiger partial charge is 0.488 e. The molecule has 3 aliphatic rings. The first-order chi connectivity index (χ1) is 19.9. The van der Waals surface area contributed by atoms with Crippen LogP contribution in [0.1, 0.15) is 69.0 Å². The van der Waals surface area contributed by atoms with E-state index in [1.165, 1.54) is 11.1 Å². The van der Waals surface area contributed by atoms with Crippen LogP contribution in [0.2, 0.25) is 0 Å². The Morgan fingerprint density at radius 2 is 1.59 bits per heavy atom. The number of allylic oxidation sites excluding steroid dienone is 1. The van der Waals surface area contributed by atoms with Gasteiger partial charge in [0, 0.05) is 12.2 Å². The Hall–Kier alpha value is -4.30. The first kappa shape index (κ1) is 26.9. The summed E-state index contributed by atoms with van der Waals surface area (Å²) in [4.78, 5) is 42.4. The van der Waals surface area contributed by atoms with E-state index in [-0.39, 0.29) is 23.6 Å². The van der Waals surface area contributed by atoms with Crippen molar-refractivity contribution in [1.82, 2.24) is 15.1 Å². The van der Waals surface area contributed by atoms with Gasteiger partial charge in [0.15, 0.2) is 0 Å². The minimum absolute atomic E-state index is 0.194. The molecule has 0 aliphatic carbocycles. The van der Waals surface area contributed by atoms with Gasteiger partial charge in [-0.3, -0.25) is 24.2 Å². The summed E-state index contributed by atoms with van der Waals surface area (Å²) >= 11 is 0. The maximum absolute atomic E-state index is 13.3. The summed E-state index contributed by atoms with van der Waals surface area (Å²) in [6.45, 7) is 6.85. The molecule has 210 valence electrons. The Labute approximate surface area is 238 Å². The van der Waals surface area contributed by atoms with Gasteiger partial charge in [-0.05, 0) is 85.6 Å². The standard InChI is InChI=1S/C33H32FN3O4/c1-21-5-14-28(31(38)35-21)37-32(39)27-3-2-4-29(30(27)33(37)40)41-20-23-8-6-22(7-9-23)19-36-17-15-25(16-18-36)24-10-12-26(34)13-11-24/h2-4,6-13,25,28H,1,5,14-20H2,(H,35,38). The van der Waals surface area contributed by atoms with E-state index in [0.717, 1.165) is 42.9 Å². The number of ether oxygens (including phenoxy) is 1. The first-order valence-corrected chi connectivity index (χ1v) is 14.1. The van der Waals surface area contributed by atoms with Crippen LogP contribution in [-0.4, -0.2) is 46.7 Å². The number of nitrogens with zero attached hydrogens (tertiary/aromatic N) is 2. The van der Waals surface area contributed by atoms with Crippen molar-refractivity contribution in [2.45, 2.75) is 50.8 Å². The van der Waals surface area contributed by atoms with Gasteiger partial charge in [0.05, 0.1) is 11.1 Å². The molecule has 41 heavy (non-hydrogen) atoms. The molecule has 0 bridgehead atoms. The van der Waals surface area contributed by atoms with E-state index in [4.69, 9.17) is 4.74 Å². The van der Waals surface area contributed by atoms with E-state index in [9.17, 15) is 18.8 Å². The van der Waals surface area contributed by atoms with Gasteiger partial charge < -0.3 is 10.1 Å². The lowest BCUT2D eigenvalue weighted by atomic mass is 9.89. The fourth-order valence-electron chi connectivity index (χ4n) is 6.00. The predicted molar refractivity (Wildman–Crippen MR) is 152 cm³/mol. The normalized spacial score (nSPS) is 19.8. The fourth-order valence-corrected chi connectivity index (χ4v) is 6.00. The lowest BCUT2D eigenvalue weighted by molar-refractivity contribution is -0.125. The fraction of sp³-hybridized carbons (Fsp3) is 0.303. The van der Waals surface area contributed by atoms with Gasteiger partial charge in [-0.15, -0.1) is 0 Å². The highest BCUT2D eigenvalue weighted by Gasteiger charge is 2.45. The third-order valence-electron chi connectivity index (χ3n) is 8.29. The zero-order valence-corrected chi connectivity index (χ0v) is 22.8. The van der Waals surface area contributed by atoms with Crippen LogP contribution in [-0.2, 0) is 17.9 Å². The van der Waals surface area contributed by atoms with Crippen molar-refractivity contribution >= 4 is 17.7 Å². The zero-order valence-electron chi connectivity index (χ0n) is 22.8. The quantitative estimate of drug-likeness (QED) is 0.409. The average Bonchev–Trinajstić information content (AvgIpc) is 3.23. The maximum Gasteiger partial charge on any atom is 0.266 e. The molecule has 0 aromatic heterocycles. The molecule has 6 rings (SSSR count). The number of piperidine rings is 2. The summed E-state index contributed by atoms with van der Waals surface area (Å²) in [5.74, 6) is -0.770. The number of fused-ring (bicyclic) bond motifs is 1. The topological polar surface area (TPSA) is 79.0 Å². The molecule has 3 amide bonds. The third-order valence-corrected chi connectivity index (χ3v) is 8.29. The number of rotatable bonds is 7. The van der Waals surface area contributed by atoms with E-state index in [0.29, 0.717) is 30.2 Å². The summed E-state index contributed by atoms with van der Waals surface area (Å²) in [6, 6.07) is 19.2. The molecule has 1 atom stereocenters. The monoisotopic (exact) mass is 553 g/mol. The Morgan fingerprint density at radius 3 is 2.29 bits per heavy atom. The van der Waals surface area contributed by atoms with Crippen LogP contribution in [0.25, 0.3) is 0 Å². The highest BCUT2D eigenvalue weighted by Crippen LogP contribution is 2.34. The molecule has 3 aliphatic heterocycles. The lowest BCUT2D eigenvalue weighted by Crippen LogP contribution is -2.51. The SMILES string of the molecule is C=C1CCC(N2C(=O)c3cccc(OCc4ccc(CN5CCC(c6ccc(F)cc6)CC5)cc4)c3C2=O)C(=O)N1. The number of hydrogen-bond acceptors (Lipinski definition) is 5. The van der Waals surface area contributed by atoms with E-state index in [2.05, 4.69) is 28.9 Å². The van der Waals surface area contributed by atoms with Crippen LogP contribution in [0.3, 0.4) is 0 Å². The summed E-state index contributed by atoms with van der Waals surface area (Å²) in [5, 5.41) is 2.65. The number of carbonyl (C=O) groups excluding carboxylic acids is 3. The van der Waals surface area contributed by atoms with Crippen molar-refractivity contribution in [1.29, 1.82) is 0 Å². The van der Waals surface area contributed by atoms with Crippen LogP contribution in [0.15, 0.2) is 79.0 Å². The molecule has 7 nitrogen and oxygen atoms in total. The van der Waals surface area contributed by atoms with Gasteiger partial charge in [-0.25, -0.2) is 4.39 Å². The van der Waals surface area contributed by atoms with Crippen LogP contribution in [0.5, 0.6) is 5.75 Å². The van der Waals surface area contributed by atoms with E-state index in [1.807, 2.05) is 24.3 Å². The van der Waals surface area contributed by atoms with Crippen molar-refractivity contribution in [2.24, 2.45) is 0 Å². The summed E-state index contributed by atoms with van der Waals surface area (Å²) in [5.41, 5.74) is 4.41. The number of carbonyl (C=O) groups is 3. The van der Waals surface area contributed by atoms with Crippen molar-refractivity contribution in [3.05, 3.63) is 113 Å². The summed E-state index contributed by atoms with van der Waals surface area (Å²) in [7, 11) is 0.